The van der Waals surface area contributed by atoms with Gasteiger partial charge in [-0.3, -0.25) is 14.5 Å². The molecule has 0 aromatic heterocycles. The first-order valence-corrected chi connectivity index (χ1v) is 4.49. The zero-order valence-corrected chi connectivity index (χ0v) is 7.27. The minimum absolute atomic E-state index is 0.0741. The lowest BCUT2D eigenvalue weighted by Crippen LogP contribution is -2.45. The molecule has 13 heavy (non-hydrogen) atoms. The van der Waals surface area contributed by atoms with Gasteiger partial charge in [-0.1, -0.05) is 0 Å². The summed E-state index contributed by atoms with van der Waals surface area (Å²) in [6, 6.07) is -0.0741. The van der Waals surface area contributed by atoms with Gasteiger partial charge in [0.2, 0.25) is 0 Å². The Kier molecular flexibility index (Phi) is 1.92. The first-order chi connectivity index (χ1) is 6.24. The summed E-state index contributed by atoms with van der Waals surface area (Å²) in [7, 11) is 0. The number of nitrogens with two attached hydrogens (primary N) is 1. The second-order valence-electron chi connectivity index (χ2n) is 3.52. The van der Waals surface area contributed by atoms with Crippen molar-refractivity contribution >= 4 is 11.8 Å². The van der Waals surface area contributed by atoms with Crippen LogP contribution in [0.1, 0.15) is 12.8 Å². The maximum Gasteiger partial charge on any atom is 0.253 e. The lowest BCUT2D eigenvalue weighted by molar-refractivity contribution is -0.139. The second kappa shape index (κ2) is 2.96. The van der Waals surface area contributed by atoms with E-state index >= 15 is 0 Å². The third-order valence-electron chi connectivity index (χ3n) is 2.58. The minimum atomic E-state index is -0.215. The number of imide groups is 1. The van der Waals surface area contributed by atoms with Crippen molar-refractivity contribution in [2.45, 2.75) is 18.9 Å². The molecule has 0 radical (unpaired) electrons. The number of amides is 2. The topological polar surface area (TPSA) is 63.4 Å². The summed E-state index contributed by atoms with van der Waals surface area (Å²) in [5.74, 6) is 0.0116. The molecule has 70 valence electrons. The van der Waals surface area contributed by atoms with E-state index in [2.05, 4.69) is 0 Å². The lowest BCUT2D eigenvalue weighted by atomic mass is 10.1. The van der Waals surface area contributed by atoms with Gasteiger partial charge in [0.25, 0.3) is 11.8 Å². The summed E-state index contributed by atoms with van der Waals surface area (Å²) in [6.45, 7) is 0.379. The molecule has 0 bridgehead atoms. The van der Waals surface area contributed by atoms with E-state index in [1.165, 1.54) is 17.1 Å². The molecular formula is C9H12N2O2. The highest BCUT2D eigenvalue weighted by atomic mass is 16.2. The molecule has 0 aromatic rings. The van der Waals surface area contributed by atoms with Crippen LogP contribution in [0.4, 0.5) is 0 Å². The fourth-order valence-electron chi connectivity index (χ4n) is 1.73. The Morgan fingerprint density at radius 1 is 1.38 bits per heavy atom. The molecule has 4 heteroatoms. The molecule has 1 fully saturated rings. The standard InChI is InChI=1S/C9H12N2O2/c10-5-7(6-1-2-6)11-8(12)3-4-9(11)13/h3-4,6-7H,1-2,5,10H2. The minimum Gasteiger partial charge on any atom is -0.328 e. The van der Waals surface area contributed by atoms with Gasteiger partial charge in [0, 0.05) is 18.7 Å². The summed E-state index contributed by atoms with van der Waals surface area (Å²) < 4.78 is 0. The SMILES string of the molecule is NCC(C1CC1)N1C(=O)C=CC1=O. The average Bonchev–Trinajstić information content (AvgIpc) is 2.88. The highest BCUT2D eigenvalue weighted by Gasteiger charge is 2.40. The molecule has 1 unspecified atom stereocenters. The van der Waals surface area contributed by atoms with Crippen molar-refractivity contribution in [2.75, 3.05) is 6.54 Å². The molecular weight excluding hydrogens is 168 g/mol. The molecule has 0 saturated heterocycles. The van der Waals surface area contributed by atoms with E-state index in [0.29, 0.717) is 12.5 Å². The van der Waals surface area contributed by atoms with Crippen LogP contribution in [0.3, 0.4) is 0 Å². The molecule has 1 aliphatic carbocycles. The normalized spacial score (nSPS) is 24.2. The first kappa shape index (κ1) is 8.44. The van der Waals surface area contributed by atoms with E-state index in [9.17, 15) is 9.59 Å². The first-order valence-electron chi connectivity index (χ1n) is 4.49. The average molecular weight is 180 g/mol. The molecule has 2 aliphatic rings. The third kappa shape index (κ3) is 1.37. The summed E-state index contributed by atoms with van der Waals surface area (Å²) in [5.41, 5.74) is 5.54. The van der Waals surface area contributed by atoms with Crippen LogP contribution in [0.2, 0.25) is 0 Å². The fraction of sp³-hybridized carbons (Fsp3) is 0.556. The van der Waals surface area contributed by atoms with Gasteiger partial charge in [-0.25, -0.2) is 0 Å². The Balaban J connectivity index is 2.13. The van der Waals surface area contributed by atoms with E-state index in [-0.39, 0.29) is 17.9 Å². The molecule has 1 saturated carbocycles. The van der Waals surface area contributed by atoms with E-state index in [1.807, 2.05) is 0 Å². The number of carbonyl (C=O) groups is 2. The number of rotatable bonds is 3. The Hall–Kier alpha value is -1.16. The maximum atomic E-state index is 11.3. The van der Waals surface area contributed by atoms with Crippen molar-refractivity contribution in [2.24, 2.45) is 11.7 Å². The predicted octanol–water partition coefficient (Wildman–Crippen LogP) is -0.351. The number of carbonyl (C=O) groups excluding carboxylic acids is 2. The number of nitrogens with zero attached hydrogens (tertiary/aromatic N) is 1. The molecule has 2 rings (SSSR count). The van der Waals surface area contributed by atoms with Crippen molar-refractivity contribution < 1.29 is 9.59 Å². The molecule has 1 heterocycles. The zero-order valence-electron chi connectivity index (χ0n) is 7.27. The van der Waals surface area contributed by atoms with Crippen LogP contribution in [-0.2, 0) is 9.59 Å². The maximum absolute atomic E-state index is 11.3. The lowest BCUT2D eigenvalue weighted by Gasteiger charge is -2.24. The van der Waals surface area contributed by atoms with Crippen LogP contribution in [0.25, 0.3) is 0 Å². The van der Waals surface area contributed by atoms with Gasteiger partial charge in [-0.2, -0.15) is 0 Å². The van der Waals surface area contributed by atoms with E-state index in [4.69, 9.17) is 5.73 Å². The fourth-order valence-corrected chi connectivity index (χ4v) is 1.73. The van der Waals surface area contributed by atoms with Gasteiger partial charge < -0.3 is 5.73 Å². The highest BCUT2D eigenvalue weighted by molar-refractivity contribution is 6.13. The van der Waals surface area contributed by atoms with Crippen LogP contribution in [0, 0.1) is 5.92 Å². The van der Waals surface area contributed by atoms with Crippen LogP contribution < -0.4 is 5.73 Å². The van der Waals surface area contributed by atoms with Crippen LogP contribution in [0.5, 0.6) is 0 Å². The Morgan fingerprint density at radius 3 is 2.31 bits per heavy atom. The van der Waals surface area contributed by atoms with E-state index < -0.39 is 0 Å². The van der Waals surface area contributed by atoms with Crippen molar-refractivity contribution in [3.05, 3.63) is 12.2 Å². The van der Waals surface area contributed by atoms with Gasteiger partial charge in [-0.05, 0) is 18.8 Å². The van der Waals surface area contributed by atoms with Crippen molar-refractivity contribution in [3.63, 3.8) is 0 Å². The van der Waals surface area contributed by atoms with Crippen molar-refractivity contribution in [1.82, 2.24) is 4.90 Å². The Morgan fingerprint density at radius 2 is 1.92 bits per heavy atom. The largest absolute Gasteiger partial charge is 0.328 e. The van der Waals surface area contributed by atoms with Gasteiger partial charge in [-0.15, -0.1) is 0 Å². The van der Waals surface area contributed by atoms with Crippen LogP contribution >= 0.6 is 0 Å². The molecule has 1 atom stereocenters. The number of hydrogen-bond donors (Lipinski definition) is 1. The van der Waals surface area contributed by atoms with Gasteiger partial charge >= 0.3 is 0 Å². The van der Waals surface area contributed by atoms with Gasteiger partial charge in [0.15, 0.2) is 0 Å². The quantitative estimate of drug-likeness (QED) is 0.604. The monoisotopic (exact) mass is 180 g/mol. The van der Waals surface area contributed by atoms with E-state index in [0.717, 1.165) is 12.8 Å². The molecule has 2 N–H and O–H groups in total. The molecule has 2 amide bonds. The molecule has 1 aliphatic heterocycles. The van der Waals surface area contributed by atoms with Crippen molar-refractivity contribution in [3.8, 4) is 0 Å². The Bertz CT molecular complexity index is 263. The van der Waals surface area contributed by atoms with Crippen molar-refractivity contribution in [1.29, 1.82) is 0 Å². The smallest absolute Gasteiger partial charge is 0.253 e. The van der Waals surface area contributed by atoms with Gasteiger partial charge in [0.05, 0.1) is 6.04 Å². The number of hydrogen-bond acceptors (Lipinski definition) is 3. The summed E-state index contributed by atoms with van der Waals surface area (Å²) in [5, 5.41) is 0. The third-order valence-corrected chi connectivity index (χ3v) is 2.58. The molecule has 0 spiro atoms. The van der Waals surface area contributed by atoms with Crippen LogP contribution in [-0.4, -0.2) is 29.3 Å². The molecule has 0 aromatic carbocycles. The summed E-state index contributed by atoms with van der Waals surface area (Å²) in [4.78, 5) is 23.8. The van der Waals surface area contributed by atoms with E-state index in [1.54, 1.807) is 0 Å². The predicted molar refractivity (Wildman–Crippen MR) is 46.6 cm³/mol. The summed E-state index contributed by atoms with van der Waals surface area (Å²) >= 11 is 0. The zero-order chi connectivity index (χ0) is 9.42. The van der Waals surface area contributed by atoms with Gasteiger partial charge in [0.1, 0.15) is 0 Å². The molecule has 4 nitrogen and oxygen atoms in total. The Labute approximate surface area is 76.4 Å². The highest BCUT2D eigenvalue weighted by Crippen LogP contribution is 2.35. The van der Waals surface area contributed by atoms with Crippen LogP contribution in [0.15, 0.2) is 12.2 Å². The summed E-state index contributed by atoms with van der Waals surface area (Å²) in [6.07, 6.45) is 4.79. The second-order valence-corrected chi connectivity index (χ2v) is 3.52.